The van der Waals surface area contributed by atoms with E-state index in [1.807, 2.05) is 0 Å². The molecule has 2 aromatic rings. The molecule has 1 atom stereocenters. The smallest absolute Gasteiger partial charge is 0.348 e. The van der Waals surface area contributed by atoms with Crippen molar-refractivity contribution in [2.75, 3.05) is 14.2 Å². The Bertz CT molecular complexity index is 1020. The van der Waals surface area contributed by atoms with Gasteiger partial charge in [0.05, 0.1) is 12.7 Å². The number of carbonyl (C=O) groups is 1. The lowest BCUT2D eigenvalue weighted by atomic mass is 9.90. The lowest BCUT2D eigenvalue weighted by Gasteiger charge is -2.29. The zero-order valence-electron chi connectivity index (χ0n) is 14.6. The third-order valence-electron chi connectivity index (χ3n) is 4.06. The molecule has 0 radical (unpaired) electrons. The van der Waals surface area contributed by atoms with E-state index < -0.39 is 40.7 Å². The summed E-state index contributed by atoms with van der Waals surface area (Å²) < 4.78 is 20.9. The maximum atomic E-state index is 12.5. The van der Waals surface area contributed by atoms with Gasteiger partial charge in [0.25, 0.3) is 0 Å². The summed E-state index contributed by atoms with van der Waals surface area (Å²) in [4.78, 5) is 24.3. The van der Waals surface area contributed by atoms with Gasteiger partial charge in [-0.2, -0.15) is 0 Å². The number of allylic oxidation sites excluding steroid dienone is 1. The Morgan fingerprint density at radius 2 is 1.93 bits per heavy atom. The molecule has 0 saturated heterocycles. The number of hydrogen-bond donors (Lipinski definition) is 3. The van der Waals surface area contributed by atoms with Gasteiger partial charge < -0.3 is 33.9 Å². The molecule has 2 heterocycles. The number of fused-ring (bicyclic) bond motifs is 3. The van der Waals surface area contributed by atoms with Crippen molar-refractivity contribution in [3.63, 3.8) is 0 Å². The van der Waals surface area contributed by atoms with Gasteiger partial charge in [-0.1, -0.05) is 6.08 Å². The summed E-state index contributed by atoms with van der Waals surface area (Å²) in [5.74, 6) is -3.33. The highest BCUT2D eigenvalue weighted by Crippen LogP contribution is 2.54. The molecule has 1 aliphatic rings. The molecule has 1 aromatic carbocycles. The van der Waals surface area contributed by atoms with Crippen LogP contribution in [0.15, 0.2) is 21.4 Å². The van der Waals surface area contributed by atoms with E-state index in [1.165, 1.54) is 19.3 Å². The minimum atomic E-state index is -1.47. The van der Waals surface area contributed by atoms with Gasteiger partial charge in [-0.3, -0.25) is 0 Å². The van der Waals surface area contributed by atoms with Crippen molar-refractivity contribution in [1.82, 2.24) is 0 Å². The van der Waals surface area contributed by atoms with Crippen LogP contribution in [0.3, 0.4) is 0 Å². The van der Waals surface area contributed by atoms with Gasteiger partial charge in [-0.15, -0.1) is 0 Å². The fraction of sp³-hybridized carbons (Fsp3) is 0.222. The second-order valence-corrected chi connectivity index (χ2v) is 5.56. The molecule has 27 heavy (non-hydrogen) atoms. The van der Waals surface area contributed by atoms with Crippen LogP contribution in [0.2, 0.25) is 0 Å². The Labute approximate surface area is 152 Å². The summed E-state index contributed by atoms with van der Waals surface area (Å²) in [5, 5.41) is 30.3. The van der Waals surface area contributed by atoms with Crippen LogP contribution in [0.1, 0.15) is 34.9 Å². The fourth-order valence-electron chi connectivity index (χ4n) is 3.01. The normalized spacial score (nSPS) is 15.1. The van der Waals surface area contributed by atoms with E-state index >= 15 is 0 Å². The standard InChI is InChI=1S/C18H16O9/c1-4-5-7-6-8-9(17(23)26-7)10-11(18(25-3)27-8)12(16(21)22)15(24-2)14(20)13(10)19/h4-6,18-20H,1-3H3,(H,21,22)/b5-4+/t18-/m0/s1. The number of phenols is 2. The molecule has 1 aromatic heterocycles. The molecule has 0 saturated carbocycles. The summed E-state index contributed by atoms with van der Waals surface area (Å²) in [6.45, 7) is 1.73. The molecule has 9 heteroatoms. The average molecular weight is 376 g/mol. The van der Waals surface area contributed by atoms with Crippen LogP contribution >= 0.6 is 0 Å². The maximum absolute atomic E-state index is 12.5. The average Bonchev–Trinajstić information content (AvgIpc) is 2.63. The minimum Gasteiger partial charge on any atom is -0.504 e. The van der Waals surface area contributed by atoms with Gasteiger partial charge in [0, 0.05) is 18.7 Å². The summed E-state index contributed by atoms with van der Waals surface area (Å²) in [7, 11) is 2.39. The molecule has 142 valence electrons. The Hall–Kier alpha value is -3.46. The van der Waals surface area contributed by atoms with Crippen molar-refractivity contribution in [1.29, 1.82) is 0 Å². The van der Waals surface area contributed by atoms with Gasteiger partial charge in [-0.25, -0.2) is 9.59 Å². The number of hydrogen-bond acceptors (Lipinski definition) is 8. The summed E-state index contributed by atoms with van der Waals surface area (Å²) in [6, 6.07) is 1.40. The number of aromatic carboxylic acids is 1. The second-order valence-electron chi connectivity index (χ2n) is 5.56. The van der Waals surface area contributed by atoms with E-state index in [4.69, 9.17) is 18.6 Å². The van der Waals surface area contributed by atoms with E-state index in [2.05, 4.69) is 0 Å². The van der Waals surface area contributed by atoms with Crippen molar-refractivity contribution < 1.29 is 38.7 Å². The van der Waals surface area contributed by atoms with Crippen LogP contribution in [0.4, 0.5) is 0 Å². The van der Waals surface area contributed by atoms with Gasteiger partial charge in [0.2, 0.25) is 12.0 Å². The van der Waals surface area contributed by atoms with E-state index in [1.54, 1.807) is 13.0 Å². The lowest BCUT2D eigenvalue weighted by Crippen LogP contribution is -2.23. The Morgan fingerprint density at radius 3 is 2.48 bits per heavy atom. The largest absolute Gasteiger partial charge is 0.504 e. The Balaban J connectivity index is 2.49. The predicted octanol–water partition coefficient (Wildman–Crippen LogP) is 2.50. The number of rotatable bonds is 4. The minimum absolute atomic E-state index is 0.00917. The highest BCUT2D eigenvalue weighted by Gasteiger charge is 2.40. The summed E-state index contributed by atoms with van der Waals surface area (Å²) in [6.07, 6.45) is 1.89. The molecule has 0 spiro atoms. The number of carboxylic acid groups (broad SMARTS) is 1. The summed E-state index contributed by atoms with van der Waals surface area (Å²) in [5.41, 5.74) is -2.04. The zero-order valence-corrected chi connectivity index (χ0v) is 14.6. The van der Waals surface area contributed by atoms with Crippen molar-refractivity contribution in [2.45, 2.75) is 13.2 Å². The first kappa shape index (κ1) is 18.3. The van der Waals surface area contributed by atoms with E-state index in [-0.39, 0.29) is 28.2 Å². The number of benzene rings is 1. The maximum Gasteiger partial charge on any atom is 0.348 e. The van der Waals surface area contributed by atoms with Crippen LogP contribution < -0.4 is 15.1 Å². The highest BCUT2D eigenvalue weighted by molar-refractivity contribution is 6.00. The molecule has 0 aliphatic carbocycles. The fourth-order valence-corrected chi connectivity index (χ4v) is 3.01. The highest BCUT2D eigenvalue weighted by atomic mass is 16.7. The number of ether oxygens (including phenoxy) is 3. The number of methoxy groups -OCH3 is 2. The molecule has 1 aliphatic heterocycles. The van der Waals surface area contributed by atoms with Gasteiger partial charge in [0.1, 0.15) is 22.6 Å². The predicted molar refractivity (Wildman–Crippen MR) is 92.3 cm³/mol. The van der Waals surface area contributed by atoms with Crippen molar-refractivity contribution >= 4 is 12.0 Å². The third-order valence-corrected chi connectivity index (χ3v) is 4.06. The second kappa shape index (κ2) is 6.69. The first-order chi connectivity index (χ1) is 12.8. The molecule has 0 bridgehead atoms. The molecule has 9 nitrogen and oxygen atoms in total. The van der Waals surface area contributed by atoms with Crippen molar-refractivity contribution in [2.24, 2.45) is 0 Å². The molecular formula is C18H16O9. The molecule has 0 unspecified atom stereocenters. The first-order valence-electron chi connectivity index (χ1n) is 7.75. The molecular weight excluding hydrogens is 360 g/mol. The van der Waals surface area contributed by atoms with Crippen LogP contribution in [-0.4, -0.2) is 35.5 Å². The quantitative estimate of drug-likeness (QED) is 0.688. The van der Waals surface area contributed by atoms with Gasteiger partial charge in [0.15, 0.2) is 11.5 Å². The zero-order chi connectivity index (χ0) is 19.9. The third kappa shape index (κ3) is 2.68. The molecule has 3 rings (SSSR count). The molecule has 3 N–H and O–H groups in total. The Kier molecular flexibility index (Phi) is 4.54. The van der Waals surface area contributed by atoms with E-state index in [9.17, 15) is 24.9 Å². The number of aromatic hydroxyl groups is 2. The Morgan fingerprint density at radius 1 is 1.22 bits per heavy atom. The number of carboxylic acids is 1. The summed E-state index contributed by atoms with van der Waals surface area (Å²) >= 11 is 0. The van der Waals surface area contributed by atoms with Crippen LogP contribution in [0.5, 0.6) is 23.0 Å². The first-order valence-corrected chi connectivity index (χ1v) is 7.75. The van der Waals surface area contributed by atoms with E-state index in [0.29, 0.717) is 0 Å². The van der Waals surface area contributed by atoms with Gasteiger partial charge in [-0.05, 0) is 13.0 Å². The topological polar surface area (TPSA) is 136 Å². The monoisotopic (exact) mass is 376 g/mol. The van der Waals surface area contributed by atoms with Crippen LogP contribution in [0.25, 0.3) is 17.2 Å². The SMILES string of the molecule is C/C=C/c1cc2c(c(=O)o1)-c1c(O)c(O)c(OC)c(C(=O)O)c1[C@@H](OC)O2. The number of phenolic OH excluding ortho intramolecular Hbond substituents is 2. The molecule has 0 amide bonds. The lowest BCUT2D eigenvalue weighted by molar-refractivity contribution is -0.0591. The van der Waals surface area contributed by atoms with Crippen molar-refractivity contribution in [3.05, 3.63) is 39.4 Å². The van der Waals surface area contributed by atoms with Crippen molar-refractivity contribution in [3.8, 4) is 34.1 Å². The van der Waals surface area contributed by atoms with Crippen LogP contribution in [-0.2, 0) is 4.74 Å². The van der Waals surface area contributed by atoms with Gasteiger partial charge >= 0.3 is 11.6 Å². The molecule has 0 fully saturated rings. The van der Waals surface area contributed by atoms with E-state index in [0.717, 1.165) is 7.11 Å². The van der Waals surface area contributed by atoms with Crippen LogP contribution in [0, 0.1) is 0 Å².